The first kappa shape index (κ1) is 12.7. The van der Waals surface area contributed by atoms with Crippen molar-refractivity contribution in [1.82, 2.24) is 0 Å². The third kappa shape index (κ3) is 1.64. The fraction of sp³-hybridized carbons (Fsp3) is 0.500. The number of fused-ring (bicyclic) bond motifs is 3. The second kappa shape index (κ2) is 3.82. The Balaban J connectivity index is 2.22. The Morgan fingerprint density at radius 3 is 2.68 bits per heavy atom. The van der Waals surface area contributed by atoms with Crippen LogP contribution in [0, 0.1) is 18.3 Å². The molecular weight excluding hydrogens is 232 g/mol. The number of rotatable bonds is 0. The number of hydrogen-bond acceptors (Lipinski definition) is 1. The number of benzene rings is 1. The van der Waals surface area contributed by atoms with Crippen molar-refractivity contribution in [1.29, 1.82) is 0 Å². The average Bonchev–Trinajstić information content (AvgIpc) is 2.35. The number of carbonyl (C=O) groups excluding carboxylic acids is 1. The monoisotopic (exact) mass is 254 g/mol. The summed E-state index contributed by atoms with van der Waals surface area (Å²) < 4.78 is 0. The van der Waals surface area contributed by atoms with E-state index >= 15 is 0 Å². The van der Waals surface area contributed by atoms with Crippen molar-refractivity contribution >= 4 is 5.78 Å². The minimum absolute atomic E-state index is 0.0109. The lowest BCUT2D eigenvalue weighted by molar-refractivity contribution is -0.127. The van der Waals surface area contributed by atoms with Crippen LogP contribution < -0.4 is 0 Å². The summed E-state index contributed by atoms with van der Waals surface area (Å²) in [7, 11) is 0. The molecule has 19 heavy (non-hydrogen) atoms. The van der Waals surface area contributed by atoms with Crippen LogP contribution >= 0.6 is 0 Å². The van der Waals surface area contributed by atoms with Gasteiger partial charge in [-0.15, -0.1) is 0 Å². The molecule has 0 fully saturated rings. The third-order valence-electron chi connectivity index (χ3n) is 5.36. The van der Waals surface area contributed by atoms with Crippen molar-refractivity contribution < 1.29 is 4.79 Å². The Bertz CT molecular complexity index is 579. The molecular formula is C18H22O. The predicted molar refractivity (Wildman–Crippen MR) is 78.3 cm³/mol. The van der Waals surface area contributed by atoms with Crippen LogP contribution in [0.3, 0.4) is 0 Å². The molecule has 0 radical (unpaired) electrons. The topological polar surface area (TPSA) is 17.1 Å². The van der Waals surface area contributed by atoms with Gasteiger partial charge in [-0.2, -0.15) is 0 Å². The van der Waals surface area contributed by atoms with Gasteiger partial charge in [0.1, 0.15) is 0 Å². The van der Waals surface area contributed by atoms with Crippen LogP contribution in [-0.4, -0.2) is 5.78 Å². The standard InChI is InChI=1S/C18H22O/c1-12-5-6-13-7-8-15-17(2,3)16(19)9-10-18(15,4)14(13)11-12/h5-6,9-11,15H,7-8H2,1-4H3/t15?,18-/m1/s1. The molecule has 1 aromatic rings. The molecule has 0 saturated heterocycles. The molecule has 0 bridgehead atoms. The van der Waals surface area contributed by atoms with E-state index in [0.717, 1.165) is 12.8 Å². The molecule has 1 nitrogen and oxygen atoms in total. The highest BCUT2D eigenvalue weighted by atomic mass is 16.1. The minimum atomic E-state index is -0.245. The number of ketones is 1. The van der Waals surface area contributed by atoms with E-state index in [9.17, 15) is 4.79 Å². The summed E-state index contributed by atoms with van der Waals surface area (Å²) in [4.78, 5) is 12.2. The van der Waals surface area contributed by atoms with Gasteiger partial charge in [-0.1, -0.05) is 50.6 Å². The highest BCUT2D eigenvalue weighted by molar-refractivity contribution is 5.96. The van der Waals surface area contributed by atoms with E-state index in [0.29, 0.717) is 5.92 Å². The normalized spacial score (nSPS) is 31.8. The van der Waals surface area contributed by atoms with E-state index in [1.165, 1.54) is 16.7 Å². The molecule has 1 unspecified atom stereocenters. The summed E-state index contributed by atoms with van der Waals surface area (Å²) in [5.41, 5.74) is 3.96. The first-order chi connectivity index (χ1) is 8.85. The lowest BCUT2D eigenvalue weighted by Gasteiger charge is -2.50. The highest BCUT2D eigenvalue weighted by Gasteiger charge is 2.51. The van der Waals surface area contributed by atoms with E-state index in [1.807, 2.05) is 6.08 Å². The van der Waals surface area contributed by atoms with Gasteiger partial charge in [0.15, 0.2) is 5.78 Å². The van der Waals surface area contributed by atoms with Crippen LogP contribution in [0.4, 0.5) is 0 Å². The summed E-state index contributed by atoms with van der Waals surface area (Å²) in [5, 5.41) is 0. The van der Waals surface area contributed by atoms with Crippen molar-refractivity contribution in [3.63, 3.8) is 0 Å². The molecule has 1 heteroatoms. The first-order valence-electron chi connectivity index (χ1n) is 7.19. The quantitative estimate of drug-likeness (QED) is 0.684. The van der Waals surface area contributed by atoms with Gasteiger partial charge in [-0.05, 0) is 42.9 Å². The van der Waals surface area contributed by atoms with E-state index in [-0.39, 0.29) is 16.6 Å². The summed E-state index contributed by atoms with van der Waals surface area (Å²) in [6, 6.07) is 6.78. The van der Waals surface area contributed by atoms with Gasteiger partial charge in [0, 0.05) is 10.8 Å². The van der Waals surface area contributed by atoms with E-state index in [1.54, 1.807) is 0 Å². The van der Waals surface area contributed by atoms with Crippen molar-refractivity contribution in [2.75, 3.05) is 0 Å². The van der Waals surface area contributed by atoms with Gasteiger partial charge in [-0.25, -0.2) is 0 Å². The molecule has 2 atom stereocenters. The third-order valence-corrected chi connectivity index (χ3v) is 5.36. The van der Waals surface area contributed by atoms with Gasteiger partial charge < -0.3 is 0 Å². The van der Waals surface area contributed by atoms with Gasteiger partial charge in [0.05, 0.1) is 0 Å². The van der Waals surface area contributed by atoms with Crippen LogP contribution in [0.15, 0.2) is 30.4 Å². The molecule has 0 saturated carbocycles. The zero-order chi connectivity index (χ0) is 13.8. The van der Waals surface area contributed by atoms with Gasteiger partial charge >= 0.3 is 0 Å². The predicted octanol–water partition coefficient (Wildman–Crippen LogP) is 3.98. The minimum Gasteiger partial charge on any atom is -0.294 e. The lowest BCUT2D eigenvalue weighted by Crippen LogP contribution is -2.49. The largest absolute Gasteiger partial charge is 0.294 e. The van der Waals surface area contributed by atoms with Crippen LogP contribution in [0.5, 0.6) is 0 Å². The molecule has 2 aliphatic rings. The van der Waals surface area contributed by atoms with E-state index < -0.39 is 0 Å². The lowest BCUT2D eigenvalue weighted by atomic mass is 9.52. The maximum Gasteiger partial charge on any atom is 0.161 e. The summed E-state index contributed by atoms with van der Waals surface area (Å²) in [6.07, 6.45) is 6.17. The van der Waals surface area contributed by atoms with Crippen LogP contribution in [0.25, 0.3) is 0 Å². The molecule has 3 rings (SSSR count). The van der Waals surface area contributed by atoms with E-state index in [2.05, 4.69) is 52.0 Å². The molecule has 0 aliphatic heterocycles. The van der Waals surface area contributed by atoms with Gasteiger partial charge in [-0.3, -0.25) is 4.79 Å². The van der Waals surface area contributed by atoms with E-state index in [4.69, 9.17) is 0 Å². The van der Waals surface area contributed by atoms with Crippen molar-refractivity contribution in [2.45, 2.75) is 46.0 Å². The number of allylic oxidation sites excluding steroid dienone is 2. The Hall–Kier alpha value is -1.37. The Kier molecular flexibility index (Phi) is 2.54. The molecule has 0 heterocycles. The smallest absolute Gasteiger partial charge is 0.161 e. The Morgan fingerprint density at radius 1 is 1.21 bits per heavy atom. The SMILES string of the molecule is Cc1ccc2c(c1)[C@@]1(C)C=CC(=O)C(C)(C)C1CC2. The molecule has 100 valence electrons. The zero-order valence-corrected chi connectivity index (χ0v) is 12.3. The first-order valence-corrected chi connectivity index (χ1v) is 7.19. The molecule has 2 aliphatic carbocycles. The van der Waals surface area contributed by atoms with Crippen molar-refractivity contribution in [3.8, 4) is 0 Å². The van der Waals surface area contributed by atoms with Crippen molar-refractivity contribution in [2.24, 2.45) is 11.3 Å². The van der Waals surface area contributed by atoms with Gasteiger partial charge in [0.25, 0.3) is 0 Å². The number of aryl methyl sites for hydroxylation is 2. The molecule has 0 N–H and O–H groups in total. The molecule has 0 amide bonds. The van der Waals surface area contributed by atoms with Crippen LogP contribution in [0.1, 0.15) is 43.9 Å². The fourth-order valence-electron chi connectivity index (χ4n) is 4.15. The maximum atomic E-state index is 12.2. The molecule has 1 aromatic carbocycles. The van der Waals surface area contributed by atoms with Gasteiger partial charge in [0.2, 0.25) is 0 Å². The van der Waals surface area contributed by atoms with Crippen LogP contribution in [-0.2, 0) is 16.6 Å². The number of carbonyl (C=O) groups is 1. The fourth-order valence-corrected chi connectivity index (χ4v) is 4.15. The summed E-state index contributed by atoms with van der Waals surface area (Å²) in [6.45, 7) is 8.68. The van der Waals surface area contributed by atoms with Crippen molar-refractivity contribution in [3.05, 3.63) is 47.0 Å². The Morgan fingerprint density at radius 2 is 1.95 bits per heavy atom. The zero-order valence-electron chi connectivity index (χ0n) is 12.3. The highest BCUT2D eigenvalue weighted by Crippen LogP contribution is 2.53. The molecule has 0 aromatic heterocycles. The summed E-state index contributed by atoms with van der Waals surface area (Å²) in [5.74, 6) is 0.692. The summed E-state index contributed by atoms with van der Waals surface area (Å²) >= 11 is 0. The van der Waals surface area contributed by atoms with Crippen LogP contribution in [0.2, 0.25) is 0 Å². The molecule has 0 spiro atoms. The second-order valence-electron chi connectivity index (χ2n) is 6.95. The maximum absolute atomic E-state index is 12.2. The Labute approximate surface area is 115 Å². The number of hydrogen-bond donors (Lipinski definition) is 0. The second-order valence-corrected chi connectivity index (χ2v) is 6.95. The average molecular weight is 254 g/mol.